The molecule has 0 atom stereocenters. The molecule has 4 heteroatoms. The van der Waals surface area contributed by atoms with E-state index in [0.717, 1.165) is 10.8 Å². The SMILES string of the molecule is CCOC(=O)N=Nc1ccc2ccccc2c1. The van der Waals surface area contributed by atoms with E-state index >= 15 is 0 Å². The fraction of sp³-hybridized carbons (Fsp3) is 0.154. The Bertz CT molecular complexity index is 564. The molecule has 0 unspecified atom stereocenters. The maximum absolute atomic E-state index is 11.0. The Balaban J connectivity index is 2.22. The van der Waals surface area contributed by atoms with Crippen LogP contribution in [-0.4, -0.2) is 12.7 Å². The van der Waals surface area contributed by atoms with Gasteiger partial charge in [-0.2, -0.15) is 0 Å². The van der Waals surface area contributed by atoms with Crippen molar-refractivity contribution in [3.63, 3.8) is 0 Å². The molecule has 0 radical (unpaired) electrons. The van der Waals surface area contributed by atoms with Gasteiger partial charge in [0.25, 0.3) is 0 Å². The summed E-state index contributed by atoms with van der Waals surface area (Å²) >= 11 is 0. The molecule has 17 heavy (non-hydrogen) atoms. The average Bonchev–Trinajstić information content (AvgIpc) is 2.36. The summed E-state index contributed by atoms with van der Waals surface area (Å²) in [6.07, 6.45) is -0.666. The van der Waals surface area contributed by atoms with E-state index in [1.54, 1.807) is 6.92 Å². The normalized spacial score (nSPS) is 10.9. The van der Waals surface area contributed by atoms with Gasteiger partial charge < -0.3 is 4.74 Å². The number of benzene rings is 2. The third kappa shape index (κ3) is 2.87. The molecule has 0 saturated carbocycles. The van der Waals surface area contributed by atoms with E-state index in [0.29, 0.717) is 12.3 Å². The summed E-state index contributed by atoms with van der Waals surface area (Å²) in [5, 5.41) is 9.47. The molecule has 2 aromatic carbocycles. The molecule has 0 aromatic heterocycles. The molecule has 0 saturated heterocycles. The fourth-order valence-corrected chi connectivity index (χ4v) is 1.49. The van der Waals surface area contributed by atoms with Crippen LogP contribution in [0.4, 0.5) is 10.5 Å². The topological polar surface area (TPSA) is 51.0 Å². The quantitative estimate of drug-likeness (QED) is 0.727. The highest BCUT2D eigenvalue weighted by atomic mass is 16.5. The van der Waals surface area contributed by atoms with E-state index in [4.69, 9.17) is 0 Å². The number of fused-ring (bicyclic) bond motifs is 1. The van der Waals surface area contributed by atoms with Gasteiger partial charge in [0.05, 0.1) is 12.3 Å². The monoisotopic (exact) mass is 228 g/mol. The largest absolute Gasteiger partial charge is 0.452 e. The Labute approximate surface area is 98.9 Å². The van der Waals surface area contributed by atoms with Crippen molar-refractivity contribution in [2.24, 2.45) is 10.2 Å². The van der Waals surface area contributed by atoms with Crippen LogP contribution in [-0.2, 0) is 4.74 Å². The zero-order valence-electron chi connectivity index (χ0n) is 9.46. The van der Waals surface area contributed by atoms with Crippen LogP contribution in [0.5, 0.6) is 0 Å². The van der Waals surface area contributed by atoms with Gasteiger partial charge in [0.15, 0.2) is 0 Å². The molecular weight excluding hydrogens is 216 g/mol. The van der Waals surface area contributed by atoms with Gasteiger partial charge in [-0.15, -0.1) is 5.11 Å². The molecule has 0 aliphatic rings. The number of ether oxygens (including phenoxy) is 1. The van der Waals surface area contributed by atoms with Crippen molar-refractivity contribution >= 4 is 22.6 Å². The van der Waals surface area contributed by atoms with Crippen molar-refractivity contribution in [2.75, 3.05) is 6.61 Å². The number of carbonyl (C=O) groups is 1. The lowest BCUT2D eigenvalue weighted by molar-refractivity contribution is 0.162. The summed E-state index contributed by atoms with van der Waals surface area (Å²) < 4.78 is 4.65. The summed E-state index contributed by atoms with van der Waals surface area (Å²) in [4.78, 5) is 11.0. The smallest absolute Gasteiger partial charge is 0.447 e. The van der Waals surface area contributed by atoms with Crippen molar-refractivity contribution in [1.29, 1.82) is 0 Å². The van der Waals surface area contributed by atoms with Crippen LogP contribution in [0.1, 0.15) is 6.92 Å². The predicted octanol–water partition coefficient (Wildman–Crippen LogP) is 4.08. The zero-order chi connectivity index (χ0) is 12.1. The standard InChI is InChI=1S/C13H12N2O2/c1-2-17-13(16)15-14-12-8-7-10-5-3-4-6-11(10)9-12/h3-9H,2H2,1H3. The van der Waals surface area contributed by atoms with E-state index in [2.05, 4.69) is 15.0 Å². The van der Waals surface area contributed by atoms with Gasteiger partial charge in [0, 0.05) is 0 Å². The molecule has 0 spiro atoms. The number of carbonyl (C=O) groups excluding carboxylic acids is 1. The molecule has 1 amide bonds. The highest BCUT2D eigenvalue weighted by molar-refractivity contribution is 5.85. The molecule has 0 aliphatic carbocycles. The Morgan fingerprint density at radius 3 is 2.71 bits per heavy atom. The Morgan fingerprint density at radius 2 is 1.94 bits per heavy atom. The average molecular weight is 228 g/mol. The van der Waals surface area contributed by atoms with Gasteiger partial charge in [-0.1, -0.05) is 35.4 Å². The minimum absolute atomic E-state index is 0.301. The first-order valence-corrected chi connectivity index (χ1v) is 5.37. The molecule has 0 heterocycles. The van der Waals surface area contributed by atoms with Crippen molar-refractivity contribution < 1.29 is 9.53 Å². The minimum Gasteiger partial charge on any atom is -0.447 e. The second kappa shape index (κ2) is 5.21. The third-order valence-electron chi connectivity index (χ3n) is 2.25. The third-order valence-corrected chi connectivity index (χ3v) is 2.25. The Kier molecular flexibility index (Phi) is 3.45. The van der Waals surface area contributed by atoms with Gasteiger partial charge >= 0.3 is 6.09 Å². The molecule has 4 nitrogen and oxygen atoms in total. The zero-order valence-corrected chi connectivity index (χ0v) is 9.46. The minimum atomic E-state index is -0.666. The number of azo groups is 1. The van der Waals surface area contributed by atoms with Crippen LogP contribution in [0, 0.1) is 0 Å². The number of hydrogen-bond donors (Lipinski definition) is 0. The molecular formula is C13H12N2O2. The number of nitrogens with zero attached hydrogens (tertiary/aromatic N) is 2. The van der Waals surface area contributed by atoms with Gasteiger partial charge in [-0.3, -0.25) is 0 Å². The lowest BCUT2D eigenvalue weighted by Crippen LogP contribution is -1.95. The summed E-state index contributed by atoms with van der Waals surface area (Å²) in [6.45, 7) is 2.03. The van der Waals surface area contributed by atoms with Gasteiger partial charge in [0.1, 0.15) is 0 Å². The van der Waals surface area contributed by atoms with E-state index in [-0.39, 0.29) is 0 Å². The first-order valence-electron chi connectivity index (χ1n) is 5.37. The Morgan fingerprint density at radius 1 is 1.18 bits per heavy atom. The van der Waals surface area contributed by atoms with Crippen LogP contribution >= 0.6 is 0 Å². The summed E-state index contributed by atoms with van der Waals surface area (Å²) in [7, 11) is 0. The molecule has 2 aromatic rings. The molecule has 0 fully saturated rings. The van der Waals surface area contributed by atoms with Crippen LogP contribution in [0.3, 0.4) is 0 Å². The van der Waals surface area contributed by atoms with Crippen molar-refractivity contribution in [3.8, 4) is 0 Å². The maximum atomic E-state index is 11.0. The van der Waals surface area contributed by atoms with Crippen LogP contribution in [0.25, 0.3) is 10.8 Å². The van der Waals surface area contributed by atoms with Crippen LogP contribution in [0.2, 0.25) is 0 Å². The van der Waals surface area contributed by atoms with E-state index in [9.17, 15) is 4.79 Å². The number of rotatable bonds is 2. The second-order valence-corrected chi connectivity index (χ2v) is 3.43. The molecule has 0 N–H and O–H groups in total. The summed E-state index contributed by atoms with van der Waals surface area (Å²) in [5.41, 5.74) is 0.636. The second-order valence-electron chi connectivity index (χ2n) is 3.43. The van der Waals surface area contributed by atoms with Crippen molar-refractivity contribution in [2.45, 2.75) is 6.92 Å². The van der Waals surface area contributed by atoms with E-state index < -0.39 is 6.09 Å². The first kappa shape index (κ1) is 11.3. The molecule has 0 bridgehead atoms. The van der Waals surface area contributed by atoms with Crippen molar-refractivity contribution in [1.82, 2.24) is 0 Å². The highest BCUT2D eigenvalue weighted by Gasteiger charge is 1.98. The van der Waals surface area contributed by atoms with E-state index in [1.165, 1.54) is 0 Å². The maximum Gasteiger partial charge on any atom is 0.452 e. The Hall–Kier alpha value is -2.23. The lowest BCUT2D eigenvalue weighted by Gasteiger charge is -1.98. The van der Waals surface area contributed by atoms with Crippen molar-refractivity contribution in [3.05, 3.63) is 42.5 Å². The van der Waals surface area contributed by atoms with Crippen LogP contribution < -0.4 is 0 Å². The van der Waals surface area contributed by atoms with E-state index in [1.807, 2.05) is 42.5 Å². The fourth-order valence-electron chi connectivity index (χ4n) is 1.49. The lowest BCUT2D eigenvalue weighted by atomic mass is 10.1. The highest BCUT2D eigenvalue weighted by Crippen LogP contribution is 2.21. The van der Waals surface area contributed by atoms with Crippen LogP contribution in [0.15, 0.2) is 52.7 Å². The van der Waals surface area contributed by atoms with Gasteiger partial charge in [0.2, 0.25) is 0 Å². The predicted molar refractivity (Wildman–Crippen MR) is 65.5 cm³/mol. The first-order chi connectivity index (χ1) is 8.29. The molecule has 2 rings (SSSR count). The van der Waals surface area contributed by atoms with Gasteiger partial charge in [-0.05, 0) is 29.8 Å². The number of hydrogen-bond acceptors (Lipinski definition) is 3. The molecule has 86 valence electrons. The summed E-state index contributed by atoms with van der Waals surface area (Å²) in [6, 6.07) is 13.6. The number of amides is 1. The summed E-state index contributed by atoms with van der Waals surface area (Å²) in [5.74, 6) is 0. The molecule has 0 aliphatic heterocycles. The van der Waals surface area contributed by atoms with Gasteiger partial charge in [-0.25, -0.2) is 4.79 Å².